The first-order valence-electron chi connectivity index (χ1n) is 9.15. The second kappa shape index (κ2) is 7.50. The van der Waals surface area contributed by atoms with Gasteiger partial charge in [-0.05, 0) is 42.7 Å². The van der Waals surface area contributed by atoms with E-state index < -0.39 is 0 Å². The van der Waals surface area contributed by atoms with Crippen molar-refractivity contribution in [2.75, 3.05) is 16.8 Å². The van der Waals surface area contributed by atoms with Crippen molar-refractivity contribution in [2.45, 2.75) is 19.9 Å². The van der Waals surface area contributed by atoms with Gasteiger partial charge in [0, 0.05) is 41.7 Å². The summed E-state index contributed by atoms with van der Waals surface area (Å²) in [5, 5.41) is 5.24. The summed E-state index contributed by atoms with van der Waals surface area (Å²) >= 11 is 0. The van der Waals surface area contributed by atoms with Crippen LogP contribution >= 0.6 is 0 Å². The first-order valence-corrected chi connectivity index (χ1v) is 9.15. The molecule has 1 aromatic carbocycles. The van der Waals surface area contributed by atoms with E-state index in [0.29, 0.717) is 5.95 Å². The molecule has 0 fully saturated rings. The lowest BCUT2D eigenvalue weighted by Crippen LogP contribution is -2.31. The number of aromatic nitrogens is 3. The smallest absolute Gasteiger partial charge is 0.229 e. The van der Waals surface area contributed by atoms with Crippen LogP contribution in [0, 0.1) is 0 Å². The second-order valence-corrected chi connectivity index (χ2v) is 6.60. The number of benzene rings is 1. The van der Waals surface area contributed by atoms with Crippen LogP contribution in [0.25, 0.3) is 12.7 Å². The molecule has 0 bridgehead atoms. The Morgan fingerprint density at radius 1 is 1.22 bits per heavy atom. The molecule has 2 N–H and O–H groups in total. The highest BCUT2D eigenvalue weighted by Crippen LogP contribution is 2.23. The van der Waals surface area contributed by atoms with Crippen LogP contribution in [0.2, 0.25) is 0 Å². The lowest BCUT2D eigenvalue weighted by atomic mass is 10.00. The van der Waals surface area contributed by atoms with Crippen LogP contribution in [-0.4, -0.2) is 21.5 Å². The predicted octanol–water partition coefficient (Wildman–Crippen LogP) is 2.57. The van der Waals surface area contributed by atoms with E-state index in [1.54, 1.807) is 0 Å². The van der Waals surface area contributed by atoms with Gasteiger partial charge in [0.05, 0.1) is 0 Å². The number of hydrogen-bond donors (Lipinski definition) is 2. The zero-order valence-electron chi connectivity index (χ0n) is 15.4. The molecule has 0 atom stereocenters. The summed E-state index contributed by atoms with van der Waals surface area (Å²) < 4.78 is 0. The van der Waals surface area contributed by atoms with Gasteiger partial charge in [0.15, 0.2) is 0 Å². The van der Waals surface area contributed by atoms with E-state index in [1.165, 1.54) is 11.1 Å². The number of anilines is 2. The number of H-pyrrole nitrogens is 1. The third kappa shape index (κ3) is 3.77. The van der Waals surface area contributed by atoms with Crippen molar-refractivity contribution in [1.82, 2.24) is 15.0 Å². The van der Waals surface area contributed by atoms with E-state index in [-0.39, 0.29) is 0 Å². The molecule has 2 aromatic heterocycles. The van der Waals surface area contributed by atoms with E-state index in [4.69, 9.17) is 4.98 Å². The van der Waals surface area contributed by atoms with Crippen molar-refractivity contribution in [2.24, 2.45) is 0 Å². The van der Waals surface area contributed by atoms with Gasteiger partial charge in [-0.3, -0.25) is 0 Å². The minimum absolute atomic E-state index is 0.594. The van der Waals surface area contributed by atoms with Gasteiger partial charge in [0.1, 0.15) is 5.82 Å². The van der Waals surface area contributed by atoms with E-state index in [0.717, 1.165) is 41.6 Å². The Hall–Kier alpha value is -3.34. The molecule has 0 spiro atoms. The fourth-order valence-corrected chi connectivity index (χ4v) is 3.32. The monoisotopic (exact) mass is 357 g/mol. The SMILES string of the molecule is C=c1[nH]cc/c1=C/C(=C\C)Nc1nccc(N2CCc3ccccc3C2)n1. The quantitative estimate of drug-likeness (QED) is 0.754. The molecule has 27 heavy (non-hydrogen) atoms. The normalized spacial score (nSPS) is 14.9. The minimum Gasteiger partial charge on any atom is -0.362 e. The Kier molecular flexibility index (Phi) is 4.75. The number of aromatic amines is 1. The van der Waals surface area contributed by atoms with Crippen LogP contribution in [0.3, 0.4) is 0 Å². The van der Waals surface area contributed by atoms with Crippen molar-refractivity contribution >= 4 is 24.4 Å². The molecule has 0 aliphatic carbocycles. The van der Waals surface area contributed by atoms with Crippen LogP contribution < -0.4 is 20.8 Å². The van der Waals surface area contributed by atoms with Gasteiger partial charge in [-0.1, -0.05) is 36.9 Å². The zero-order chi connectivity index (χ0) is 18.6. The number of nitrogens with zero attached hydrogens (tertiary/aromatic N) is 3. The molecule has 4 rings (SSSR count). The summed E-state index contributed by atoms with van der Waals surface area (Å²) in [4.78, 5) is 14.5. The maximum absolute atomic E-state index is 4.73. The van der Waals surface area contributed by atoms with Gasteiger partial charge in [-0.25, -0.2) is 4.98 Å². The molecule has 5 heteroatoms. The van der Waals surface area contributed by atoms with Crippen LogP contribution in [0.1, 0.15) is 18.1 Å². The topological polar surface area (TPSA) is 56.8 Å². The van der Waals surface area contributed by atoms with Crippen LogP contribution in [-0.2, 0) is 13.0 Å². The lowest BCUT2D eigenvalue weighted by Gasteiger charge is -2.29. The third-order valence-electron chi connectivity index (χ3n) is 4.84. The Labute approximate surface area is 158 Å². The van der Waals surface area contributed by atoms with E-state index in [9.17, 15) is 0 Å². The average molecular weight is 357 g/mol. The van der Waals surface area contributed by atoms with Crippen LogP contribution in [0.15, 0.2) is 60.6 Å². The molecule has 0 radical (unpaired) electrons. The Morgan fingerprint density at radius 2 is 2.07 bits per heavy atom. The van der Waals surface area contributed by atoms with Gasteiger partial charge in [-0.15, -0.1) is 0 Å². The van der Waals surface area contributed by atoms with Crippen molar-refractivity contribution < 1.29 is 0 Å². The first kappa shape index (κ1) is 17.1. The summed E-state index contributed by atoms with van der Waals surface area (Å²) in [5.74, 6) is 1.54. The summed E-state index contributed by atoms with van der Waals surface area (Å²) in [6.45, 7) is 7.82. The number of allylic oxidation sites excluding steroid dienone is 2. The molecule has 0 saturated heterocycles. The van der Waals surface area contributed by atoms with Crippen molar-refractivity contribution in [3.05, 3.63) is 82.3 Å². The molecule has 3 heterocycles. The van der Waals surface area contributed by atoms with Crippen molar-refractivity contribution in [3.63, 3.8) is 0 Å². The Morgan fingerprint density at radius 3 is 2.85 bits per heavy atom. The molecule has 5 nitrogen and oxygen atoms in total. The lowest BCUT2D eigenvalue weighted by molar-refractivity contribution is 0.720. The number of rotatable bonds is 4. The maximum atomic E-state index is 4.73. The van der Waals surface area contributed by atoms with Crippen molar-refractivity contribution in [1.29, 1.82) is 0 Å². The van der Waals surface area contributed by atoms with Gasteiger partial charge in [0.25, 0.3) is 0 Å². The third-order valence-corrected chi connectivity index (χ3v) is 4.84. The fourth-order valence-electron chi connectivity index (χ4n) is 3.32. The number of nitrogens with one attached hydrogen (secondary N) is 2. The number of hydrogen-bond acceptors (Lipinski definition) is 4. The Bertz CT molecular complexity index is 1080. The molecule has 0 saturated carbocycles. The van der Waals surface area contributed by atoms with Crippen LogP contribution in [0.4, 0.5) is 11.8 Å². The molecule has 1 aliphatic rings. The molecule has 136 valence electrons. The van der Waals surface area contributed by atoms with Gasteiger partial charge in [0.2, 0.25) is 5.95 Å². The molecule has 3 aromatic rings. The molecule has 1 aliphatic heterocycles. The summed E-state index contributed by atoms with van der Waals surface area (Å²) in [6.07, 6.45) is 8.76. The molecular formula is C22H23N5. The molecule has 0 amide bonds. The zero-order valence-corrected chi connectivity index (χ0v) is 15.4. The summed E-state index contributed by atoms with van der Waals surface area (Å²) in [5.41, 5.74) is 3.73. The highest BCUT2D eigenvalue weighted by atomic mass is 15.2. The second-order valence-electron chi connectivity index (χ2n) is 6.60. The Balaban J connectivity index is 1.55. The average Bonchev–Trinajstić information content (AvgIpc) is 3.11. The predicted molar refractivity (Wildman–Crippen MR) is 111 cm³/mol. The van der Waals surface area contributed by atoms with Gasteiger partial charge < -0.3 is 15.2 Å². The largest absolute Gasteiger partial charge is 0.362 e. The highest BCUT2D eigenvalue weighted by molar-refractivity contribution is 5.56. The minimum atomic E-state index is 0.594. The van der Waals surface area contributed by atoms with Gasteiger partial charge in [-0.2, -0.15) is 4.98 Å². The van der Waals surface area contributed by atoms with Gasteiger partial charge >= 0.3 is 0 Å². The summed E-state index contributed by atoms with van der Waals surface area (Å²) in [6, 6.07) is 12.6. The standard InChI is InChI=1S/C22H23N5/c1-3-20(14-18-8-11-23-16(18)2)25-22-24-12-9-21(26-22)27-13-10-17-6-4-5-7-19(17)15-27/h3-9,11-12,14,23H,2,10,13,15H2,1H3,(H,24,25,26)/b18-14-,20-3+. The highest BCUT2D eigenvalue weighted by Gasteiger charge is 2.17. The molecular weight excluding hydrogens is 334 g/mol. The summed E-state index contributed by atoms with van der Waals surface area (Å²) in [7, 11) is 0. The van der Waals surface area contributed by atoms with Crippen LogP contribution in [0.5, 0.6) is 0 Å². The van der Waals surface area contributed by atoms with E-state index >= 15 is 0 Å². The fraction of sp³-hybridized carbons (Fsp3) is 0.182. The maximum Gasteiger partial charge on any atom is 0.229 e. The van der Waals surface area contributed by atoms with E-state index in [1.807, 2.05) is 43.6 Å². The number of fused-ring (bicyclic) bond motifs is 1. The van der Waals surface area contributed by atoms with Crippen molar-refractivity contribution in [3.8, 4) is 0 Å². The van der Waals surface area contributed by atoms with E-state index in [2.05, 4.69) is 51.0 Å². The molecule has 0 unspecified atom stereocenters. The first-order chi connectivity index (χ1) is 13.2.